The Hall–Kier alpha value is -4.52. The van der Waals surface area contributed by atoms with E-state index in [4.69, 9.17) is 18.9 Å². The van der Waals surface area contributed by atoms with Gasteiger partial charge in [-0.25, -0.2) is 4.79 Å². The second-order valence-corrected chi connectivity index (χ2v) is 7.97. The van der Waals surface area contributed by atoms with Gasteiger partial charge >= 0.3 is 5.97 Å². The third kappa shape index (κ3) is 4.12. The predicted molar refractivity (Wildman–Crippen MR) is 131 cm³/mol. The zero-order chi connectivity index (χ0) is 24.5. The molecule has 5 rings (SSSR count). The smallest absolute Gasteiger partial charge is 0.343 e. The summed E-state index contributed by atoms with van der Waals surface area (Å²) in [6, 6.07) is 17.2. The number of fused-ring (bicyclic) bond motifs is 2. The molecule has 0 saturated heterocycles. The second kappa shape index (κ2) is 9.02. The minimum absolute atomic E-state index is 0.205. The monoisotopic (exact) mass is 469 g/mol. The number of aromatic nitrogens is 1. The number of benzene rings is 3. The molecular formula is C28H23NO6. The van der Waals surface area contributed by atoms with Crippen molar-refractivity contribution in [2.24, 2.45) is 0 Å². The van der Waals surface area contributed by atoms with Crippen LogP contribution in [-0.2, 0) is 6.54 Å². The highest BCUT2D eigenvalue weighted by molar-refractivity contribution is 6.15. The Morgan fingerprint density at radius 3 is 2.37 bits per heavy atom. The Balaban J connectivity index is 1.41. The first-order chi connectivity index (χ1) is 17.0. The van der Waals surface area contributed by atoms with Crippen LogP contribution in [0.2, 0.25) is 0 Å². The van der Waals surface area contributed by atoms with Crippen LogP contribution < -0.4 is 18.9 Å². The third-order valence-electron chi connectivity index (χ3n) is 5.92. The number of hydrogen-bond donors (Lipinski definition) is 0. The van der Waals surface area contributed by atoms with Crippen LogP contribution in [0.4, 0.5) is 0 Å². The van der Waals surface area contributed by atoms with E-state index in [1.165, 1.54) is 0 Å². The maximum Gasteiger partial charge on any atom is 0.343 e. The van der Waals surface area contributed by atoms with Gasteiger partial charge in [0.2, 0.25) is 5.78 Å². The van der Waals surface area contributed by atoms with E-state index in [1.54, 1.807) is 62.8 Å². The zero-order valence-corrected chi connectivity index (χ0v) is 19.5. The minimum Gasteiger partial charge on any atom is -0.497 e. The fraction of sp³-hybridized carbons (Fsp3) is 0.143. The quantitative estimate of drug-likeness (QED) is 0.210. The molecule has 0 aliphatic carbocycles. The number of carbonyl (C=O) groups excluding carboxylic acids is 2. The SMILES string of the molecule is CCn1cc(/C=C2/Oc3cc(OC(=O)c4ccc(OC)cc4)ccc3C2=O)c2cc(OC)ccc21. The molecule has 7 heteroatoms. The molecule has 0 spiro atoms. The number of allylic oxidation sites excluding steroid dienone is 1. The summed E-state index contributed by atoms with van der Waals surface area (Å²) in [4.78, 5) is 25.5. The maximum absolute atomic E-state index is 13.0. The van der Waals surface area contributed by atoms with Gasteiger partial charge in [-0.15, -0.1) is 0 Å². The Bertz CT molecular complexity index is 1480. The maximum atomic E-state index is 13.0. The molecule has 0 radical (unpaired) electrons. The van der Waals surface area contributed by atoms with Crippen LogP contribution in [0.15, 0.2) is 72.6 Å². The molecule has 4 aromatic rings. The van der Waals surface area contributed by atoms with Gasteiger partial charge in [0.25, 0.3) is 0 Å². The average Bonchev–Trinajstić information content (AvgIpc) is 3.40. The van der Waals surface area contributed by atoms with Crippen molar-refractivity contribution in [3.63, 3.8) is 0 Å². The first-order valence-corrected chi connectivity index (χ1v) is 11.1. The van der Waals surface area contributed by atoms with Crippen LogP contribution in [0, 0.1) is 0 Å². The summed E-state index contributed by atoms with van der Waals surface area (Å²) in [5, 5.41) is 0.958. The van der Waals surface area contributed by atoms with E-state index < -0.39 is 5.97 Å². The first-order valence-electron chi connectivity index (χ1n) is 11.1. The van der Waals surface area contributed by atoms with Gasteiger partial charge in [0.1, 0.15) is 23.0 Å². The lowest BCUT2D eigenvalue weighted by atomic mass is 10.1. The summed E-state index contributed by atoms with van der Waals surface area (Å²) in [6.07, 6.45) is 3.72. The third-order valence-corrected chi connectivity index (χ3v) is 5.92. The normalized spacial score (nSPS) is 13.6. The number of aryl methyl sites for hydroxylation is 1. The highest BCUT2D eigenvalue weighted by atomic mass is 16.5. The van der Waals surface area contributed by atoms with Gasteiger partial charge < -0.3 is 23.5 Å². The Morgan fingerprint density at radius 1 is 0.943 bits per heavy atom. The Labute approximate surface area is 202 Å². The summed E-state index contributed by atoms with van der Waals surface area (Å²) in [6.45, 7) is 2.84. The van der Waals surface area contributed by atoms with E-state index in [1.807, 2.05) is 24.4 Å². The van der Waals surface area contributed by atoms with Crippen molar-refractivity contribution >= 4 is 28.7 Å². The van der Waals surface area contributed by atoms with Gasteiger partial charge in [-0.05, 0) is 67.6 Å². The molecule has 35 heavy (non-hydrogen) atoms. The molecule has 0 fully saturated rings. The van der Waals surface area contributed by atoms with Crippen LogP contribution in [0.25, 0.3) is 17.0 Å². The molecule has 0 saturated carbocycles. The standard InChI is InChI=1S/C28H23NO6/c1-4-29-16-18(23-14-20(33-3)10-12-24(23)29)13-26-27(30)22-11-9-21(15-25(22)35-26)34-28(31)17-5-7-19(32-2)8-6-17/h5-16H,4H2,1-3H3/b26-13+. The summed E-state index contributed by atoms with van der Waals surface area (Å²) >= 11 is 0. The first kappa shape index (κ1) is 22.3. The van der Waals surface area contributed by atoms with Crippen molar-refractivity contribution in [2.75, 3.05) is 14.2 Å². The van der Waals surface area contributed by atoms with Crippen molar-refractivity contribution in [2.45, 2.75) is 13.5 Å². The summed E-state index contributed by atoms with van der Waals surface area (Å²) < 4.78 is 24.0. The fourth-order valence-corrected chi connectivity index (χ4v) is 4.07. The number of esters is 1. The van der Waals surface area contributed by atoms with E-state index in [0.717, 1.165) is 28.8 Å². The zero-order valence-electron chi connectivity index (χ0n) is 19.5. The van der Waals surface area contributed by atoms with Crippen molar-refractivity contribution < 1.29 is 28.5 Å². The number of ketones is 1. The van der Waals surface area contributed by atoms with Gasteiger partial charge in [-0.2, -0.15) is 0 Å². The molecule has 0 unspecified atom stereocenters. The molecule has 1 aromatic heterocycles. The van der Waals surface area contributed by atoms with Crippen LogP contribution in [0.3, 0.4) is 0 Å². The lowest BCUT2D eigenvalue weighted by Crippen LogP contribution is -2.08. The Kier molecular flexibility index (Phi) is 5.74. The van der Waals surface area contributed by atoms with Crippen molar-refractivity contribution in [3.05, 3.63) is 89.3 Å². The largest absolute Gasteiger partial charge is 0.497 e. The lowest BCUT2D eigenvalue weighted by Gasteiger charge is -2.06. The van der Waals surface area contributed by atoms with Gasteiger partial charge in [-0.1, -0.05) is 0 Å². The van der Waals surface area contributed by atoms with E-state index in [-0.39, 0.29) is 17.3 Å². The Morgan fingerprint density at radius 2 is 1.66 bits per heavy atom. The van der Waals surface area contributed by atoms with E-state index in [9.17, 15) is 9.59 Å². The number of methoxy groups -OCH3 is 2. The lowest BCUT2D eigenvalue weighted by molar-refractivity contribution is 0.0734. The molecule has 176 valence electrons. The molecule has 1 aliphatic rings. The molecule has 0 N–H and O–H groups in total. The highest BCUT2D eigenvalue weighted by Crippen LogP contribution is 2.36. The molecule has 1 aliphatic heterocycles. The van der Waals surface area contributed by atoms with Crippen LogP contribution in [0.1, 0.15) is 33.2 Å². The van der Waals surface area contributed by atoms with Crippen LogP contribution >= 0.6 is 0 Å². The average molecular weight is 469 g/mol. The molecule has 0 atom stereocenters. The second-order valence-electron chi connectivity index (χ2n) is 7.97. The molecule has 3 aromatic carbocycles. The number of rotatable bonds is 6. The molecular weight excluding hydrogens is 446 g/mol. The molecule has 7 nitrogen and oxygen atoms in total. The van der Waals surface area contributed by atoms with Crippen molar-refractivity contribution in [1.82, 2.24) is 4.57 Å². The van der Waals surface area contributed by atoms with Crippen molar-refractivity contribution in [1.29, 1.82) is 0 Å². The van der Waals surface area contributed by atoms with E-state index in [2.05, 4.69) is 11.5 Å². The van der Waals surface area contributed by atoms with Gasteiger partial charge in [0.05, 0.1) is 25.3 Å². The van der Waals surface area contributed by atoms with E-state index in [0.29, 0.717) is 22.6 Å². The topological polar surface area (TPSA) is 76.0 Å². The van der Waals surface area contributed by atoms with Crippen molar-refractivity contribution in [3.8, 4) is 23.0 Å². The summed E-state index contributed by atoms with van der Waals surface area (Å²) in [5.41, 5.74) is 2.68. The summed E-state index contributed by atoms with van der Waals surface area (Å²) in [7, 11) is 3.18. The molecule has 0 amide bonds. The van der Waals surface area contributed by atoms with Crippen LogP contribution in [-0.4, -0.2) is 30.5 Å². The van der Waals surface area contributed by atoms with E-state index >= 15 is 0 Å². The van der Waals surface area contributed by atoms with Gasteiger partial charge in [-0.3, -0.25) is 4.79 Å². The minimum atomic E-state index is -0.519. The number of hydrogen-bond acceptors (Lipinski definition) is 6. The van der Waals surface area contributed by atoms with Gasteiger partial charge in [0.15, 0.2) is 5.76 Å². The number of Topliss-reactive ketones (excluding diaryl/α,β-unsaturated/α-hetero) is 1. The summed E-state index contributed by atoms with van der Waals surface area (Å²) in [5.74, 6) is 1.46. The van der Waals surface area contributed by atoms with Gasteiger partial charge in [0, 0.05) is 35.3 Å². The molecule has 0 bridgehead atoms. The predicted octanol–water partition coefficient (Wildman–Crippen LogP) is 5.51. The van der Waals surface area contributed by atoms with Crippen LogP contribution in [0.5, 0.6) is 23.0 Å². The number of carbonyl (C=O) groups is 2. The number of ether oxygens (including phenoxy) is 4. The highest BCUT2D eigenvalue weighted by Gasteiger charge is 2.28. The molecule has 2 heterocycles. The fourth-order valence-electron chi connectivity index (χ4n) is 4.07. The number of nitrogens with zero attached hydrogens (tertiary/aromatic N) is 1.